The molecule has 0 amide bonds. The Balaban J connectivity index is 2.47. The summed E-state index contributed by atoms with van der Waals surface area (Å²) >= 11 is 0.560. The highest BCUT2D eigenvalue weighted by Crippen LogP contribution is 2.37. The van der Waals surface area contributed by atoms with Crippen molar-refractivity contribution in [2.24, 2.45) is 0 Å². The molecule has 0 unspecified atom stereocenters. The topological polar surface area (TPSA) is 64.7 Å². The van der Waals surface area contributed by atoms with Gasteiger partial charge < -0.3 is 5.73 Å². The summed E-state index contributed by atoms with van der Waals surface area (Å²) in [5.74, 6) is 0.300. The number of halogens is 3. The average molecular weight is 288 g/mol. The molecule has 0 atom stereocenters. The molecule has 2 heterocycles. The lowest BCUT2D eigenvalue weighted by atomic mass is 10.1. The molecule has 0 fully saturated rings. The quantitative estimate of drug-likeness (QED) is 0.942. The van der Waals surface area contributed by atoms with E-state index in [4.69, 9.17) is 5.73 Å². The van der Waals surface area contributed by atoms with E-state index in [1.54, 1.807) is 0 Å². The largest absolute Gasteiger partial charge is 0.443 e. The van der Waals surface area contributed by atoms with Crippen LogP contribution in [0.1, 0.15) is 23.9 Å². The van der Waals surface area contributed by atoms with E-state index in [0.29, 0.717) is 39.7 Å². The number of rotatable bonds is 3. The van der Waals surface area contributed by atoms with Crippen LogP contribution in [0.5, 0.6) is 0 Å². The van der Waals surface area contributed by atoms with Gasteiger partial charge in [-0.15, -0.1) is 11.3 Å². The zero-order chi connectivity index (χ0) is 14.0. The number of nitrogen functional groups attached to an aromatic ring is 1. The van der Waals surface area contributed by atoms with E-state index in [-0.39, 0.29) is 0 Å². The van der Waals surface area contributed by atoms with E-state index in [0.717, 1.165) is 6.42 Å². The van der Waals surface area contributed by atoms with Crippen LogP contribution in [-0.4, -0.2) is 15.0 Å². The lowest BCUT2D eigenvalue weighted by Crippen LogP contribution is -2.03. The number of anilines is 1. The summed E-state index contributed by atoms with van der Waals surface area (Å²) < 4.78 is 37.6. The first-order valence-electron chi connectivity index (χ1n) is 5.56. The van der Waals surface area contributed by atoms with Gasteiger partial charge in [0.2, 0.25) is 0 Å². The van der Waals surface area contributed by atoms with Crippen molar-refractivity contribution in [1.82, 2.24) is 15.0 Å². The van der Waals surface area contributed by atoms with Crippen LogP contribution in [0.15, 0.2) is 12.5 Å². The molecule has 8 heteroatoms. The second kappa shape index (κ2) is 5.12. The monoisotopic (exact) mass is 288 g/mol. The molecule has 2 N–H and O–H groups in total. The minimum Gasteiger partial charge on any atom is -0.383 e. The molecule has 2 aromatic rings. The maximum atomic E-state index is 12.5. The predicted octanol–water partition coefficient (Wildman–Crippen LogP) is 3.15. The van der Waals surface area contributed by atoms with Gasteiger partial charge in [0.25, 0.3) is 0 Å². The van der Waals surface area contributed by atoms with Gasteiger partial charge in [-0.3, -0.25) is 0 Å². The number of nitrogens with two attached hydrogens (primary N) is 1. The predicted molar refractivity (Wildman–Crippen MR) is 66.5 cm³/mol. The van der Waals surface area contributed by atoms with Crippen LogP contribution in [0.3, 0.4) is 0 Å². The standard InChI is InChI=1S/C11H11F3N4S/c1-2-3-6-8(17-5-18-9(6)15)7-4-16-10(19-7)11(12,13)14/h4-5H,2-3H2,1H3,(H2,15,17,18). The third kappa shape index (κ3) is 2.83. The van der Waals surface area contributed by atoms with Gasteiger partial charge in [-0.25, -0.2) is 15.0 Å². The van der Waals surface area contributed by atoms with Crippen molar-refractivity contribution < 1.29 is 13.2 Å². The molecule has 0 aromatic carbocycles. The first kappa shape index (κ1) is 13.7. The fraction of sp³-hybridized carbons (Fsp3) is 0.364. The van der Waals surface area contributed by atoms with Crippen molar-refractivity contribution in [2.75, 3.05) is 5.73 Å². The molecule has 0 saturated heterocycles. The van der Waals surface area contributed by atoms with E-state index < -0.39 is 11.2 Å². The summed E-state index contributed by atoms with van der Waals surface area (Å²) in [6, 6.07) is 0. The first-order valence-corrected chi connectivity index (χ1v) is 6.38. The second-order valence-electron chi connectivity index (χ2n) is 3.86. The highest BCUT2D eigenvalue weighted by molar-refractivity contribution is 7.15. The van der Waals surface area contributed by atoms with Gasteiger partial charge in [0.15, 0.2) is 5.01 Å². The van der Waals surface area contributed by atoms with Crippen LogP contribution in [0.2, 0.25) is 0 Å². The summed E-state index contributed by atoms with van der Waals surface area (Å²) in [7, 11) is 0. The van der Waals surface area contributed by atoms with Gasteiger partial charge in [0, 0.05) is 11.8 Å². The first-order chi connectivity index (χ1) is 8.93. The number of hydrogen-bond acceptors (Lipinski definition) is 5. The Morgan fingerprint density at radius 3 is 2.58 bits per heavy atom. The zero-order valence-corrected chi connectivity index (χ0v) is 10.8. The van der Waals surface area contributed by atoms with Gasteiger partial charge in [0.1, 0.15) is 12.1 Å². The molecule has 2 aromatic heterocycles. The van der Waals surface area contributed by atoms with Crippen molar-refractivity contribution in [3.63, 3.8) is 0 Å². The smallest absolute Gasteiger partial charge is 0.383 e. The molecule has 19 heavy (non-hydrogen) atoms. The summed E-state index contributed by atoms with van der Waals surface area (Å²) in [5.41, 5.74) is 6.85. The SMILES string of the molecule is CCCc1c(N)ncnc1-c1cnc(C(F)(F)F)s1. The molecule has 0 aliphatic carbocycles. The van der Waals surface area contributed by atoms with E-state index in [9.17, 15) is 13.2 Å². The maximum Gasteiger partial charge on any atom is 0.443 e. The third-order valence-electron chi connectivity index (χ3n) is 2.46. The van der Waals surface area contributed by atoms with Crippen LogP contribution >= 0.6 is 11.3 Å². The highest BCUT2D eigenvalue weighted by Gasteiger charge is 2.35. The molecule has 0 saturated carbocycles. The number of alkyl halides is 3. The molecule has 0 aliphatic rings. The van der Waals surface area contributed by atoms with Gasteiger partial charge in [0.05, 0.1) is 10.6 Å². The Morgan fingerprint density at radius 2 is 2.00 bits per heavy atom. The second-order valence-corrected chi connectivity index (χ2v) is 4.89. The van der Waals surface area contributed by atoms with Gasteiger partial charge in [-0.1, -0.05) is 13.3 Å². The van der Waals surface area contributed by atoms with E-state index in [1.807, 2.05) is 6.92 Å². The van der Waals surface area contributed by atoms with E-state index in [1.165, 1.54) is 12.5 Å². The number of thiazole rings is 1. The average Bonchev–Trinajstić information content (AvgIpc) is 2.81. The summed E-state index contributed by atoms with van der Waals surface area (Å²) in [5, 5.41) is -0.887. The Kier molecular flexibility index (Phi) is 3.70. The van der Waals surface area contributed by atoms with Crippen LogP contribution in [0.4, 0.5) is 19.0 Å². The Bertz CT molecular complexity index is 580. The lowest BCUT2D eigenvalue weighted by molar-refractivity contribution is -0.137. The van der Waals surface area contributed by atoms with Crippen LogP contribution in [0.25, 0.3) is 10.6 Å². The Hall–Kier alpha value is -1.70. The molecule has 2 rings (SSSR count). The fourth-order valence-corrected chi connectivity index (χ4v) is 2.46. The van der Waals surface area contributed by atoms with Crippen molar-refractivity contribution in [2.45, 2.75) is 25.9 Å². The van der Waals surface area contributed by atoms with Crippen LogP contribution in [0, 0.1) is 0 Å². The zero-order valence-electron chi connectivity index (χ0n) is 10.0. The number of nitrogens with zero attached hydrogens (tertiary/aromatic N) is 3. The molecule has 0 spiro atoms. The molecule has 0 radical (unpaired) electrons. The summed E-state index contributed by atoms with van der Waals surface area (Å²) in [4.78, 5) is 11.6. The van der Waals surface area contributed by atoms with Crippen LogP contribution in [-0.2, 0) is 12.6 Å². The number of hydrogen-bond donors (Lipinski definition) is 1. The molecule has 0 aliphatic heterocycles. The minimum atomic E-state index is -4.44. The van der Waals surface area contributed by atoms with Gasteiger partial charge in [-0.2, -0.15) is 13.2 Å². The Labute approximate surface area is 111 Å². The van der Waals surface area contributed by atoms with Crippen LogP contribution < -0.4 is 5.73 Å². The van der Waals surface area contributed by atoms with Crippen molar-refractivity contribution in [3.8, 4) is 10.6 Å². The van der Waals surface area contributed by atoms with Crippen molar-refractivity contribution >= 4 is 17.2 Å². The van der Waals surface area contributed by atoms with Gasteiger partial charge >= 0.3 is 6.18 Å². The number of aromatic nitrogens is 3. The normalized spacial score (nSPS) is 11.8. The molecule has 4 nitrogen and oxygen atoms in total. The van der Waals surface area contributed by atoms with E-state index in [2.05, 4.69) is 15.0 Å². The van der Waals surface area contributed by atoms with Crippen molar-refractivity contribution in [1.29, 1.82) is 0 Å². The highest BCUT2D eigenvalue weighted by atomic mass is 32.1. The maximum absolute atomic E-state index is 12.5. The summed E-state index contributed by atoms with van der Waals surface area (Å²) in [6.07, 6.45) is -0.603. The van der Waals surface area contributed by atoms with Crippen molar-refractivity contribution in [3.05, 3.63) is 23.1 Å². The third-order valence-corrected chi connectivity index (χ3v) is 3.51. The Morgan fingerprint density at radius 1 is 1.26 bits per heavy atom. The summed E-state index contributed by atoms with van der Waals surface area (Å²) in [6.45, 7) is 1.95. The molecule has 0 bridgehead atoms. The molecular weight excluding hydrogens is 277 g/mol. The fourth-order valence-electron chi connectivity index (χ4n) is 1.65. The minimum absolute atomic E-state index is 0.300. The van der Waals surface area contributed by atoms with Gasteiger partial charge in [-0.05, 0) is 6.42 Å². The molecular formula is C11H11F3N4S. The van der Waals surface area contributed by atoms with E-state index >= 15 is 0 Å². The molecule has 102 valence electrons. The lowest BCUT2D eigenvalue weighted by Gasteiger charge is -2.07.